The van der Waals surface area contributed by atoms with Gasteiger partial charge in [0.1, 0.15) is 0 Å². The Hall–Kier alpha value is -2.36. The predicted molar refractivity (Wildman–Crippen MR) is 121 cm³/mol. The van der Waals surface area contributed by atoms with Gasteiger partial charge in [-0.05, 0) is 47.6 Å². The van der Waals surface area contributed by atoms with E-state index in [0.29, 0.717) is 24.9 Å². The molecule has 4 rings (SSSR count). The number of carbonyl (C=O) groups excluding carboxylic acids is 2. The summed E-state index contributed by atoms with van der Waals surface area (Å²) in [7, 11) is 0. The van der Waals surface area contributed by atoms with Crippen LogP contribution in [0.2, 0.25) is 0 Å². The molecule has 0 aliphatic heterocycles. The Morgan fingerprint density at radius 1 is 0.633 bits per heavy atom. The highest BCUT2D eigenvalue weighted by molar-refractivity contribution is 5.87. The van der Waals surface area contributed by atoms with Crippen molar-refractivity contribution in [3.8, 4) is 0 Å². The smallest absolute Gasteiger partial charge is 0.224 e. The van der Waals surface area contributed by atoms with Gasteiger partial charge in [0.25, 0.3) is 0 Å². The Bertz CT molecular complexity index is 811. The predicted octanol–water partition coefficient (Wildman–Crippen LogP) is 4.82. The molecule has 0 bridgehead atoms. The summed E-state index contributed by atoms with van der Waals surface area (Å²) in [6.07, 6.45) is 12.7. The molecule has 4 heteroatoms. The lowest BCUT2D eigenvalue weighted by atomic mass is 9.95. The van der Waals surface area contributed by atoms with Gasteiger partial charge in [-0.15, -0.1) is 0 Å². The highest BCUT2D eigenvalue weighted by Crippen LogP contribution is 2.21. The second-order valence-electron chi connectivity index (χ2n) is 9.17. The zero-order valence-electron chi connectivity index (χ0n) is 17.9. The standard InChI is InChI=1S/C26H34N2O2/c29-25(27-23-7-3-1-4-8-23)17-19-11-13-21-14-12-20(16-22(21)15-19)18-26(30)28-24-9-5-2-6-10-24/h11-16,23-24H,1-10,17-18H2,(H,27,29)(H,28,30). The molecule has 160 valence electrons. The van der Waals surface area contributed by atoms with Gasteiger partial charge in [0.15, 0.2) is 0 Å². The number of fused-ring (bicyclic) bond motifs is 1. The maximum absolute atomic E-state index is 12.5. The first-order chi connectivity index (χ1) is 14.7. The molecule has 0 radical (unpaired) electrons. The van der Waals surface area contributed by atoms with Crippen LogP contribution in [-0.4, -0.2) is 23.9 Å². The van der Waals surface area contributed by atoms with Crippen molar-refractivity contribution in [1.29, 1.82) is 0 Å². The second kappa shape index (κ2) is 10.1. The molecular weight excluding hydrogens is 372 g/mol. The van der Waals surface area contributed by atoms with Crippen LogP contribution in [0, 0.1) is 0 Å². The molecule has 2 aliphatic carbocycles. The summed E-state index contributed by atoms with van der Waals surface area (Å²) in [6, 6.07) is 13.1. The van der Waals surface area contributed by atoms with Crippen molar-refractivity contribution in [2.75, 3.05) is 0 Å². The highest BCUT2D eigenvalue weighted by Gasteiger charge is 2.17. The third kappa shape index (κ3) is 5.84. The van der Waals surface area contributed by atoms with E-state index in [1.165, 1.54) is 38.5 Å². The first-order valence-electron chi connectivity index (χ1n) is 11.8. The molecule has 0 heterocycles. The van der Waals surface area contributed by atoms with E-state index in [0.717, 1.165) is 47.6 Å². The Labute approximate surface area is 179 Å². The molecular formula is C26H34N2O2. The molecule has 30 heavy (non-hydrogen) atoms. The number of benzene rings is 2. The summed E-state index contributed by atoms with van der Waals surface area (Å²) in [5, 5.41) is 8.64. The molecule has 2 aliphatic rings. The Morgan fingerprint density at radius 3 is 1.50 bits per heavy atom. The molecule has 0 aromatic heterocycles. The average molecular weight is 407 g/mol. The van der Waals surface area contributed by atoms with Crippen molar-refractivity contribution >= 4 is 22.6 Å². The van der Waals surface area contributed by atoms with Crippen LogP contribution in [0.15, 0.2) is 36.4 Å². The largest absolute Gasteiger partial charge is 0.353 e. The van der Waals surface area contributed by atoms with E-state index in [-0.39, 0.29) is 11.8 Å². The van der Waals surface area contributed by atoms with Crippen molar-refractivity contribution in [3.05, 3.63) is 47.5 Å². The minimum Gasteiger partial charge on any atom is -0.353 e. The minimum atomic E-state index is 0.115. The summed E-state index contributed by atoms with van der Waals surface area (Å²) in [5.74, 6) is 0.230. The van der Waals surface area contributed by atoms with Crippen LogP contribution in [0.1, 0.15) is 75.3 Å². The summed E-state index contributed by atoms with van der Waals surface area (Å²) >= 11 is 0. The lowest BCUT2D eigenvalue weighted by molar-refractivity contribution is -0.122. The van der Waals surface area contributed by atoms with E-state index in [1.807, 2.05) is 12.1 Å². The van der Waals surface area contributed by atoms with Gasteiger partial charge in [0.05, 0.1) is 12.8 Å². The zero-order valence-corrected chi connectivity index (χ0v) is 17.9. The zero-order chi connectivity index (χ0) is 20.8. The van der Waals surface area contributed by atoms with Crippen molar-refractivity contribution in [1.82, 2.24) is 10.6 Å². The molecule has 0 saturated heterocycles. The van der Waals surface area contributed by atoms with E-state index in [9.17, 15) is 9.59 Å². The summed E-state index contributed by atoms with van der Waals surface area (Å²) in [4.78, 5) is 24.9. The first kappa shape index (κ1) is 20.9. The molecule has 2 saturated carbocycles. The van der Waals surface area contributed by atoms with Crippen molar-refractivity contribution in [3.63, 3.8) is 0 Å². The Kier molecular flexibility index (Phi) is 7.03. The van der Waals surface area contributed by atoms with Crippen LogP contribution in [-0.2, 0) is 22.4 Å². The lowest BCUT2D eigenvalue weighted by Gasteiger charge is -2.23. The van der Waals surface area contributed by atoms with E-state index < -0.39 is 0 Å². The van der Waals surface area contributed by atoms with Gasteiger partial charge < -0.3 is 10.6 Å². The minimum absolute atomic E-state index is 0.115. The van der Waals surface area contributed by atoms with Crippen molar-refractivity contribution in [2.24, 2.45) is 0 Å². The van der Waals surface area contributed by atoms with E-state index in [4.69, 9.17) is 0 Å². The van der Waals surface area contributed by atoms with Crippen LogP contribution in [0.5, 0.6) is 0 Å². The SMILES string of the molecule is O=C(Cc1ccc2ccc(CC(=O)NC3CCCCC3)cc2c1)NC1CCCCC1. The van der Waals surface area contributed by atoms with E-state index in [1.54, 1.807) is 0 Å². The molecule has 4 nitrogen and oxygen atoms in total. The molecule has 2 fully saturated rings. The van der Waals surface area contributed by atoms with Gasteiger partial charge in [-0.1, -0.05) is 74.9 Å². The van der Waals surface area contributed by atoms with Crippen LogP contribution < -0.4 is 10.6 Å². The number of nitrogens with one attached hydrogen (secondary N) is 2. The normalized spacial score (nSPS) is 18.3. The summed E-state index contributed by atoms with van der Waals surface area (Å²) in [5.41, 5.74) is 2.05. The monoisotopic (exact) mass is 406 g/mol. The topological polar surface area (TPSA) is 58.2 Å². The van der Waals surface area contributed by atoms with Gasteiger partial charge in [-0.3, -0.25) is 9.59 Å². The number of carbonyl (C=O) groups is 2. The van der Waals surface area contributed by atoms with Crippen LogP contribution in [0.25, 0.3) is 10.8 Å². The molecule has 2 aromatic rings. The van der Waals surface area contributed by atoms with Crippen LogP contribution >= 0.6 is 0 Å². The van der Waals surface area contributed by atoms with Crippen LogP contribution in [0.4, 0.5) is 0 Å². The molecule has 2 aromatic carbocycles. The third-order valence-corrected chi connectivity index (χ3v) is 6.64. The van der Waals surface area contributed by atoms with E-state index in [2.05, 4.69) is 34.9 Å². The maximum Gasteiger partial charge on any atom is 0.224 e. The fraction of sp³-hybridized carbons (Fsp3) is 0.538. The maximum atomic E-state index is 12.5. The number of hydrogen-bond donors (Lipinski definition) is 2. The van der Waals surface area contributed by atoms with Crippen molar-refractivity contribution in [2.45, 2.75) is 89.1 Å². The molecule has 0 spiro atoms. The van der Waals surface area contributed by atoms with E-state index >= 15 is 0 Å². The van der Waals surface area contributed by atoms with Gasteiger partial charge in [0, 0.05) is 12.1 Å². The fourth-order valence-electron chi connectivity index (χ4n) is 4.99. The average Bonchev–Trinajstić information content (AvgIpc) is 2.75. The first-order valence-corrected chi connectivity index (χ1v) is 11.8. The lowest BCUT2D eigenvalue weighted by Crippen LogP contribution is -2.37. The Balaban J connectivity index is 1.36. The van der Waals surface area contributed by atoms with Crippen LogP contribution in [0.3, 0.4) is 0 Å². The third-order valence-electron chi connectivity index (χ3n) is 6.64. The second-order valence-corrected chi connectivity index (χ2v) is 9.17. The quantitative estimate of drug-likeness (QED) is 0.722. The molecule has 0 unspecified atom stereocenters. The molecule has 0 atom stereocenters. The summed E-state index contributed by atoms with van der Waals surface area (Å²) < 4.78 is 0. The Morgan fingerprint density at radius 2 is 1.07 bits per heavy atom. The van der Waals surface area contributed by atoms with Gasteiger partial charge in [-0.25, -0.2) is 0 Å². The summed E-state index contributed by atoms with van der Waals surface area (Å²) in [6.45, 7) is 0. The highest BCUT2D eigenvalue weighted by atomic mass is 16.2. The van der Waals surface area contributed by atoms with Gasteiger partial charge in [0.2, 0.25) is 11.8 Å². The molecule has 2 amide bonds. The van der Waals surface area contributed by atoms with Gasteiger partial charge in [-0.2, -0.15) is 0 Å². The number of hydrogen-bond acceptors (Lipinski definition) is 2. The number of amides is 2. The number of rotatable bonds is 6. The van der Waals surface area contributed by atoms with Crippen molar-refractivity contribution < 1.29 is 9.59 Å². The molecule has 2 N–H and O–H groups in total. The fourth-order valence-corrected chi connectivity index (χ4v) is 4.99. The van der Waals surface area contributed by atoms with Gasteiger partial charge >= 0.3 is 0 Å².